The highest BCUT2D eigenvalue weighted by molar-refractivity contribution is 5.79. The Morgan fingerprint density at radius 1 is 1.13 bits per heavy atom. The van der Waals surface area contributed by atoms with E-state index >= 15 is 0 Å². The molecular formula is C23H37N7. The van der Waals surface area contributed by atoms with E-state index in [1.165, 1.54) is 31.7 Å². The molecule has 2 heterocycles. The Morgan fingerprint density at radius 3 is 2.57 bits per heavy atom. The summed E-state index contributed by atoms with van der Waals surface area (Å²) >= 11 is 0. The summed E-state index contributed by atoms with van der Waals surface area (Å²) in [6, 6.07) is 10.5. The molecule has 0 amide bonds. The number of aromatic nitrogens is 2. The zero-order valence-corrected chi connectivity index (χ0v) is 18.7. The van der Waals surface area contributed by atoms with Crippen LogP contribution in [0.1, 0.15) is 19.4 Å². The van der Waals surface area contributed by atoms with Crippen molar-refractivity contribution in [3.05, 3.63) is 48.3 Å². The van der Waals surface area contributed by atoms with Crippen LogP contribution in [0.15, 0.2) is 47.7 Å². The van der Waals surface area contributed by atoms with E-state index in [0.29, 0.717) is 5.92 Å². The van der Waals surface area contributed by atoms with Crippen LogP contribution in [0.25, 0.3) is 5.69 Å². The minimum atomic E-state index is 0.554. The molecule has 1 aromatic heterocycles. The van der Waals surface area contributed by atoms with Crippen LogP contribution in [0.5, 0.6) is 0 Å². The fourth-order valence-electron chi connectivity index (χ4n) is 3.68. The summed E-state index contributed by atoms with van der Waals surface area (Å²) in [6.07, 6.45) is 4.71. The molecule has 3 rings (SSSR count). The molecule has 1 unspecified atom stereocenters. The van der Waals surface area contributed by atoms with Crippen LogP contribution in [0.4, 0.5) is 0 Å². The first kappa shape index (κ1) is 22.3. The van der Waals surface area contributed by atoms with Crippen LogP contribution in [-0.4, -0.2) is 84.9 Å². The van der Waals surface area contributed by atoms with Crippen molar-refractivity contribution in [2.75, 3.05) is 59.4 Å². The van der Waals surface area contributed by atoms with E-state index in [4.69, 9.17) is 4.99 Å². The molecule has 0 spiro atoms. The summed E-state index contributed by atoms with van der Waals surface area (Å²) in [7, 11) is 2.20. The van der Waals surface area contributed by atoms with E-state index in [0.717, 1.165) is 44.2 Å². The van der Waals surface area contributed by atoms with Crippen molar-refractivity contribution in [1.29, 1.82) is 0 Å². The van der Waals surface area contributed by atoms with Crippen molar-refractivity contribution in [2.45, 2.75) is 20.3 Å². The quantitative estimate of drug-likeness (QED) is 0.487. The predicted octanol–water partition coefficient (Wildman–Crippen LogP) is 1.85. The second-order valence-electron chi connectivity index (χ2n) is 8.22. The number of guanidine groups is 1. The summed E-state index contributed by atoms with van der Waals surface area (Å²) in [5.41, 5.74) is 2.39. The van der Waals surface area contributed by atoms with Gasteiger partial charge in [-0.25, -0.2) is 4.68 Å². The number of benzene rings is 1. The van der Waals surface area contributed by atoms with Gasteiger partial charge in [-0.2, -0.15) is 5.10 Å². The fraction of sp³-hybridized carbons (Fsp3) is 0.565. The molecule has 0 bridgehead atoms. The second-order valence-corrected chi connectivity index (χ2v) is 8.22. The number of nitrogens with one attached hydrogen (secondary N) is 2. The molecule has 30 heavy (non-hydrogen) atoms. The van der Waals surface area contributed by atoms with Gasteiger partial charge in [-0.1, -0.05) is 19.1 Å². The lowest BCUT2D eigenvalue weighted by molar-refractivity contribution is 0.140. The molecule has 1 aliphatic heterocycles. The maximum atomic E-state index is 4.82. The van der Waals surface area contributed by atoms with Crippen LogP contribution in [0.2, 0.25) is 0 Å². The maximum absolute atomic E-state index is 4.82. The van der Waals surface area contributed by atoms with Crippen molar-refractivity contribution >= 4 is 5.96 Å². The number of hydrogen-bond acceptors (Lipinski definition) is 4. The third kappa shape index (κ3) is 7.15. The van der Waals surface area contributed by atoms with Gasteiger partial charge in [0, 0.05) is 64.8 Å². The average molecular weight is 412 g/mol. The van der Waals surface area contributed by atoms with Crippen LogP contribution in [-0.2, 0) is 6.42 Å². The summed E-state index contributed by atoms with van der Waals surface area (Å²) in [4.78, 5) is 9.78. The van der Waals surface area contributed by atoms with Gasteiger partial charge >= 0.3 is 0 Å². The molecule has 1 aromatic carbocycles. The van der Waals surface area contributed by atoms with Gasteiger partial charge in [0.05, 0.1) is 5.69 Å². The lowest BCUT2D eigenvalue weighted by Crippen LogP contribution is -2.46. The topological polar surface area (TPSA) is 60.7 Å². The molecule has 2 N–H and O–H groups in total. The van der Waals surface area contributed by atoms with Crippen LogP contribution in [0, 0.1) is 5.92 Å². The zero-order valence-electron chi connectivity index (χ0n) is 18.7. The average Bonchev–Trinajstić information content (AvgIpc) is 3.29. The molecule has 1 atom stereocenters. The zero-order chi connectivity index (χ0) is 21.2. The molecule has 0 saturated carbocycles. The van der Waals surface area contributed by atoms with Crippen LogP contribution in [0.3, 0.4) is 0 Å². The molecule has 2 aromatic rings. The van der Waals surface area contributed by atoms with E-state index < -0.39 is 0 Å². The van der Waals surface area contributed by atoms with Crippen molar-refractivity contribution in [1.82, 2.24) is 30.2 Å². The first-order valence-corrected chi connectivity index (χ1v) is 11.2. The van der Waals surface area contributed by atoms with Crippen molar-refractivity contribution in [2.24, 2.45) is 10.9 Å². The van der Waals surface area contributed by atoms with Gasteiger partial charge in [0.2, 0.25) is 0 Å². The third-order valence-electron chi connectivity index (χ3n) is 5.48. The molecule has 164 valence electrons. The van der Waals surface area contributed by atoms with Crippen molar-refractivity contribution < 1.29 is 0 Å². The molecule has 7 nitrogen and oxygen atoms in total. The minimum Gasteiger partial charge on any atom is -0.357 e. The van der Waals surface area contributed by atoms with Gasteiger partial charge in [-0.05, 0) is 50.1 Å². The number of rotatable bonds is 9. The number of nitrogens with zero attached hydrogens (tertiary/aromatic N) is 5. The van der Waals surface area contributed by atoms with Crippen LogP contribution >= 0.6 is 0 Å². The monoisotopic (exact) mass is 411 g/mol. The number of likely N-dealkylation sites (N-methyl/N-ethyl adjacent to an activating group) is 1. The SMILES string of the molecule is CCNC(=NCC(C)CN1CCN(C)CC1)NCCc1ccc(-n2cccn2)cc1. The standard InChI is InChI=1S/C23H37N7/c1-4-24-23(26-18-20(2)19-29-16-14-28(3)15-17-29)25-12-10-21-6-8-22(9-7-21)30-13-5-11-27-30/h5-9,11,13,20H,4,10,12,14-19H2,1-3H3,(H2,24,25,26). The number of hydrogen-bond donors (Lipinski definition) is 2. The Kier molecular flexibility index (Phi) is 8.71. The van der Waals surface area contributed by atoms with E-state index in [1.807, 2.05) is 16.9 Å². The van der Waals surface area contributed by atoms with Crippen molar-refractivity contribution in [3.63, 3.8) is 0 Å². The highest BCUT2D eigenvalue weighted by Gasteiger charge is 2.15. The van der Waals surface area contributed by atoms with Gasteiger partial charge in [-0.15, -0.1) is 0 Å². The minimum absolute atomic E-state index is 0.554. The molecule has 0 aliphatic carbocycles. The van der Waals surface area contributed by atoms with E-state index in [9.17, 15) is 0 Å². The highest BCUT2D eigenvalue weighted by Crippen LogP contribution is 2.09. The molecule has 0 radical (unpaired) electrons. The lowest BCUT2D eigenvalue weighted by Gasteiger charge is -2.33. The molecular weight excluding hydrogens is 374 g/mol. The summed E-state index contributed by atoms with van der Waals surface area (Å²) in [6.45, 7) is 12.8. The fourth-order valence-corrected chi connectivity index (χ4v) is 3.68. The number of piperazine rings is 1. The maximum Gasteiger partial charge on any atom is 0.191 e. The molecule has 1 fully saturated rings. The molecule has 7 heteroatoms. The smallest absolute Gasteiger partial charge is 0.191 e. The first-order valence-electron chi connectivity index (χ1n) is 11.2. The van der Waals surface area contributed by atoms with Gasteiger partial charge in [-0.3, -0.25) is 4.99 Å². The first-order chi connectivity index (χ1) is 14.6. The summed E-state index contributed by atoms with van der Waals surface area (Å²) < 4.78 is 1.88. The lowest BCUT2D eigenvalue weighted by atomic mass is 10.1. The van der Waals surface area contributed by atoms with E-state index in [2.05, 4.69) is 70.7 Å². The van der Waals surface area contributed by atoms with Crippen molar-refractivity contribution in [3.8, 4) is 5.69 Å². The Morgan fingerprint density at radius 2 is 1.90 bits per heavy atom. The Hall–Kier alpha value is -2.38. The summed E-state index contributed by atoms with van der Waals surface area (Å²) in [5.74, 6) is 1.47. The van der Waals surface area contributed by atoms with E-state index in [-0.39, 0.29) is 0 Å². The highest BCUT2D eigenvalue weighted by atomic mass is 15.3. The summed E-state index contributed by atoms with van der Waals surface area (Å²) in [5, 5.41) is 11.1. The molecule has 1 saturated heterocycles. The Bertz CT molecular complexity index is 746. The van der Waals surface area contributed by atoms with Gasteiger partial charge in [0.15, 0.2) is 5.96 Å². The largest absolute Gasteiger partial charge is 0.357 e. The number of aliphatic imine (C=N–C) groups is 1. The second kappa shape index (κ2) is 11.7. The Labute approximate surface area is 181 Å². The third-order valence-corrected chi connectivity index (χ3v) is 5.48. The van der Waals surface area contributed by atoms with Gasteiger partial charge in [0.1, 0.15) is 0 Å². The predicted molar refractivity (Wildman–Crippen MR) is 124 cm³/mol. The Balaban J connectivity index is 1.42. The normalized spacial score (nSPS) is 17.1. The van der Waals surface area contributed by atoms with Gasteiger partial charge in [0.25, 0.3) is 0 Å². The van der Waals surface area contributed by atoms with E-state index in [1.54, 1.807) is 6.20 Å². The van der Waals surface area contributed by atoms with Gasteiger partial charge < -0.3 is 20.4 Å². The molecule has 1 aliphatic rings. The van der Waals surface area contributed by atoms with Crippen LogP contribution < -0.4 is 10.6 Å².